The van der Waals surface area contributed by atoms with Crippen LogP contribution >= 0.6 is 11.8 Å². The summed E-state index contributed by atoms with van der Waals surface area (Å²) in [5.41, 5.74) is 2.74. The van der Waals surface area contributed by atoms with E-state index in [4.69, 9.17) is 0 Å². The zero-order valence-electron chi connectivity index (χ0n) is 14.2. The van der Waals surface area contributed by atoms with Crippen LogP contribution in [0.5, 0.6) is 0 Å². The summed E-state index contributed by atoms with van der Waals surface area (Å²) in [6.45, 7) is 3.66. The van der Waals surface area contributed by atoms with Gasteiger partial charge < -0.3 is 10.6 Å². The molecule has 1 heterocycles. The molecule has 1 aromatic rings. The van der Waals surface area contributed by atoms with E-state index in [0.29, 0.717) is 6.42 Å². The van der Waals surface area contributed by atoms with Gasteiger partial charge in [0, 0.05) is 5.69 Å². The Morgan fingerprint density at radius 3 is 2.79 bits per heavy atom. The van der Waals surface area contributed by atoms with E-state index in [0.717, 1.165) is 33.9 Å². The number of benzene rings is 1. The molecule has 0 spiro atoms. The summed E-state index contributed by atoms with van der Waals surface area (Å²) in [6, 6.07) is 4.79. The lowest BCUT2D eigenvalue weighted by Gasteiger charge is -2.16. The number of carbonyl (C=O) groups is 3. The lowest BCUT2D eigenvalue weighted by atomic mass is 10.1. The average Bonchev–Trinajstić information content (AvgIpc) is 2.82. The van der Waals surface area contributed by atoms with Crippen molar-refractivity contribution >= 4 is 35.3 Å². The Morgan fingerprint density at radius 1 is 1.38 bits per heavy atom. The molecule has 0 saturated carbocycles. The summed E-state index contributed by atoms with van der Waals surface area (Å²) in [5, 5.41) is 5.47. The third-order valence-corrected chi connectivity index (χ3v) is 4.67. The fourth-order valence-electron chi connectivity index (χ4n) is 2.68. The zero-order valence-corrected chi connectivity index (χ0v) is 15.0. The topological polar surface area (TPSA) is 78.5 Å². The van der Waals surface area contributed by atoms with Crippen molar-refractivity contribution in [3.05, 3.63) is 29.3 Å². The van der Waals surface area contributed by atoms with E-state index in [-0.39, 0.29) is 18.4 Å². The van der Waals surface area contributed by atoms with Crippen LogP contribution in [0.15, 0.2) is 18.2 Å². The summed E-state index contributed by atoms with van der Waals surface area (Å²) in [7, 11) is 0. The Bertz CT molecular complexity index is 648. The third kappa shape index (κ3) is 4.08. The molecule has 1 aliphatic heterocycles. The molecule has 0 unspecified atom stereocenters. The van der Waals surface area contributed by atoms with E-state index in [1.54, 1.807) is 11.8 Å². The molecule has 0 radical (unpaired) electrons. The van der Waals surface area contributed by atoms with Crippen LogP contribution in [0.4, 0.5) is 10.5 Å². The fourth-order valence-corrected chi connectivity index (χ4v) is 3.15. The van der Waals surface area contributed by atoms with Gasteiger partial charge >= 0.3 is 6.03 Å². The number of hydrogen-bond donors (Lipinski definition) is 2. The molecule has 7 heteroatoms. The summed E-state index contributed by atoms with van der Waals surface area (Å²) in [5.74, 6) is 0.0810. The van der Waals surface area contributed by atoms with Gasteiger partial charge in [-0.2, -0.15) is 11.8 Å². The molecule has 24 heavy (non-hydrogen) atoms. The van der Waals surface area contributed by atoms with E-state index < -0.39 is 12.1 Å². The van der Waals surface area contributed by atoms with Crippen molar-refractivity contribution in [3.63, 3.8) is 0 Å². The minimum absolute atomic E-state index is 0.266. The van der Waals surface area contributed by atoms with Crippen LogP contribution in [0.3, 0.4) is 0 Å². The number of anilines is 1. The summed E-state index contributed by atoms with van der Waals surface area (Å²) in [4.78, 5) is 37.5. The number of aryl methyl sites for hydroxylation is 2. The smallest absolute Gasteiger partial charge is 0.325 e. The number of thioether (sulfide) groups is 1. The Morgan fingerprint density at radius 2 is 2.12 bits per heavy atom. The van der Waals surface area contributed by atoms with Crippen LogP contribution in [0.2, 0.25) is 0 Å². The second kappa shape index (κ2) is 8.19. The molecule has 2 rings (SSSR count). The van der Waals surface area contributed by atoms with Gasteiger partial charge in [-0.3, -0.25) is 14.5 Å². The molecule has 6 nitrogen and oxygen atoms in total. The van der Waals surface area contributed by atoms with Crippen molar-refractivity contribution < 1.29 is 14.4 Å². The number of urea groups is 1. The largest absolute Gasteiger partial charge is 0.326 e. The van der Waals surface area contributed by atoms with E-state index in [2.05, 4.69) is 10.6 Å². The SMILES string of the molecule is CCc1cccc(C)c1NC(=O)CN1C(=O)N[C@H](CCSC)C1=O. The molecule has 0 aliphatic carbocycles. The molecule has 0 aromatic heterocycles. The maximum absolute atomic E-state index is 12.3. The normalized spacial score (nSPS) is 17.1. The van der Waals surface area contributed by atoms with Gasteiger partial charge in [-0.15, -0.1) is 0 Å². The maximum atomic E-state index is 12.3. The highest BCUT2D eigenvalue weighted by molar-refractivity contribution is 7.98. The van der Waals surface area contributed by atoms with Crippen LogP contribution in [-0.2, 0) is 16.0 Å². The highest BCUT2D eigenvalue weighted by atomic mass is 32.2. The first-order chi connectivity index (χ1) is 11.5. The van der Waals surface area contributed by atoms with Crippen LogP contribution in [0.25, 0.3) is 0 Å². The number of nitrogens with zero attached hydrogens (tertiary/aromatic N) is 1. The standard InChI is InChI=1S/C17H23N3O3S/c1-4-12-7-5-6-11(2)15(12)19-14(21)10-20-16(22)13(8-9-24-3)18-17(20)23/h5-7,13H,4,8-10H2,1-3H3,(H,18,23)(H,19,21)/t13-/m1/s1. The predicted octanol–water partition coefficient (Wildman–Crippen LogP) is 2.17. The van der Waals surface area contributed by atoms with Gasteiger partial charge in [0.2, 0.25) is 5.91 Å². The molecule has 1 fully saturated rings. The van der Waals surface area contributed by atoms with Crippen LogP contribution < -0.4 is 10.6 Å². The van der Waals surface area contributed by atoms with Gasteiger partial charge in [0.25, 0.3) is 5.91 Å². The molecular formula is C17H23N3O3S. The van der Waals surface area contributed by atoms with E-state index >= 15 is 0 Å². The van der Waals surface area contributed by atoms with Gasteiger partial charge in [0.15, 0.2) is 0 Å². The molecule has 1 saturated heterocycles. The Balaban J connectivity index is 2.03. The van der Waals surface area contributed by atoms with Crippen LogP contribution in [0.1, 0.15) is 24.5 Å². The maximum Gasteiger partial charge on any atom is 0.325 e. The van der Waals surface area contributed by atoms with Crippen molar-refractivity contribution in [3.8, 4) is 0 Å². The third-order valence-electron chi connectivity index (χ3n) is 4.02. The van der Waals surface area contributed by atoms with Crippen LogP contribution in [-0.4, -0.2) is 47.3 Å². The Labute approximate surface area is 146 Å². The second-order valence-electron chi connectivity index (χ2n) is 5.72. The Kier molecular flexibility index (Phi) is 6.25. The minimum atomic E-state index is -0.526. The van der Waals surface area contributed by atoms with Gasteiger partial charge in [-0.1, -0.05) is 25.1 Å². The summed E-state index contributed by atoms with van der Waals surface area (Å²) in [6.07, 6.45) is 3.30. The fraction of sp³-hybridized carbons (Fsp3) is 0.471. The van der Waals surface area contributed by atoms with Crippen molar-refractivity contribution in [2.45, 2.75) is 32.7 Å². The van der Waals surface area contributed by atoms with Crippen molar-refractivity contribution in [2.24, 2.45) is 0 Å². The summed E-state index contributed by atoms with van der Waals surface area (Å²) >= 11 is 1.61. The van der Waals surface area contributed by atoms with Gasteiger partial charge in [-0.25, -0.2) is 4.79 Å². The summed E-state index contributed by atoms with van der Waals surface area (Å²) < 4.78 is 0. The van der Waals surface area contributed by atoms with E-state index in [9.17, 15) is 14.4 Å². The molecule has 1 atom stereocenters. The molecule has 2 N–H and O–H groups in total. The second-order valence-corrected chi connectivity index (χ2v) is 6.70. The van der Waals surface area contributed by atoms with Crippen molar-refractivity contribution in [1.29, 1.82) is 0 Å². The van der Waals surface area contributed by atoms with Gasteiger partial charge in [0.05, 0.1) is 0 Å². The van der Waals surface area contributed by atoms with E-state index in [1.165, 1.54) is 0 Å². The first-order valence-corrected chi connectivity index (χ1v) is 9.36. The minimum Gasteiger partial charge on any atom is -0.326 e. The average molecular weight is 349 g/mol. The van der Waals surface area contributed by atoms with Crippen LogP contribution in [0, 0.1) is 6.92 Å². The van der Waals surface area contributed by atoms with Crippen molar-refractivity contribution in [2.75, 3.05) is 23.9 Å². The number of para-hydroxylation sites is 1. The first-order valence-electron chi connectivity index (χ1n) is 7.97. The molecule has 4 amide bonds. The number of carbonyl (C=O) groups excluding carboxylic acids is 3. The Hall–Kier alpha value is -2.02. The number of hydrogen-bond acceptors (Lipinski definition) is 4. The number of amides is 4. The molecule has 0 bridgehead atoms. The number of nitrogens with one attached hydrogen (secondary N) is 2. The molecule has 1 aromatic carbocycles. The highest BCUT2D eigenvalue weighted by Crippen LogP contribution is 2.21. The molecular weight excluding hydrogens is 326 g/mol. The van der Waals surface area contributed by atoms with Gasteiger partial charge in [-0.05, 0) is 42.9 Å². The first kappa shape index (κ1) is 18.3. The lowest BCUT2D eigenvalue weighted by molar-refractivity contribution is -0.130. The zero-order chi connectivity index (χ0) is 17.7. The highest BCUT2D eigenvalue weighted by Gasteiger charge is 2.38. The number of rotatable bonds is 7. The lowest BCUT2D eigenvalue weighted by Crippen LogP contribution is -2.38. The molecule has 1 aliphatic rings. The van der Waals surface area contributed by atoms with E-state index in [1.807, 2.05) is 38.3 Å². The monoisotopic (exact) mass is 349 g/mol. The molecule has 130 valence electrons. The quantitative estimate of drug-likeness (QED) is 0.740. The van der Waals surface area contributed by atoms with Crippen molar-refractivity contribution in [1.82, 2.24) is 10.2 Å². The van der Waals surface area contributed by atoms with Gasteiger partial charge in [0.1, 0.15) is 12.6 Å². The predicted molar refractivity (Wildman–Crippen MR) is 96.2 cm³/mol. The number of imide groups is 1.